The number of carbonyl (C=O) groups is 2. The Hall–Kier alpha value is -2.16. The molecule has 0 bridgehead atoms. The molecule has 3 rings (SSSR count). The molecule has 1 N–H and O–H groups in total. The first-order valence-corrected chi connectivity index (χ1v) is 10.3. The summed E-state index contributed by atoms with van der Waals surface area (Å²) in [5.41, 5.74) is 1.46. The second-order valence-corrected chi connectivity index (χ2v) is 7.70. The van der Waals surface area contributed by atoms with Crippen LogP contribution < -0.4 is 5.32 Å². The summed E-state index contributed by atoms with van der Waals surface area (Å²) in [5.74, 6) is -0.0462. The molecule has 2 heterocycles. The van der Waals surface area contributed by atoms with E-state index in [-0.39, 0.29) is 18.3 Å². The Kier molecular flexibility index (Phi) is 5.69. The van der Waals surface area contributed by atoms with Crippen molar-refractivity contribution in [2.24, 2.45) is 0 Å². The maximum atomic E-state index is 12.8. The van der Waals surface area contributed by atoms with Crippen molar-refractivity contribution < 1.29 is 14.3 Å². The Balaban J connectivity index is 1.85. The van der Waals surface area contributed by atoms with E-state index in [2.05, 4.69) is 20.4 Å². The van der Waals surface area contributed by atoms with Crippen molar-refractivity contribution in [1.82, 2.24) is 24.9 Å². The maximum absolute atomic E-state index is 12.8. The number of methoxy groups -OCH3 is 1. The molecule has 0 unspecified atom stereocenters. The lowest BCUT2D eigenvalue weighted by Gasteiger charge is -2.35. The third-order valence-corrected chi connectivity index (χ3v) is 5.75. The number of hydrogen-bond donors (Lipinski definition) is 1. The molecule has 1 amide bonds. The molecule has 2 aromatic heterocycles. The number of nitrogens with zero attached hydrogens (tertiary/aromatic N) is 4. The maximum Gasteiger partial charge on any atom is 0.331 e. The molecule has 27 heavy (non-hydrogen) atoms. The van der Waals surface area contributed by atoms with E-state index in [0.717, 1.165) is 36.2 Å². The van der Waals surface area contributed by atoms with E-state index in [4.69, 9.17) is 4.74 Å². The molecule has 146 valence electrons. The van der Waals surface area contributed by atoms with E-state index < -0.39 is 5.54 Å². The number of aromatic nitrogens is 4. The lowest BCUT2D eigenvalue weighted by molar-refractivity contribution is -0.152. The number of nitrogens with one attached hydrogen (secondary N) is 1. The van der Waals surface area contributed by atoms with Crippen LogP contribution in [0.15, 0.2) is 5.16 Å². The number of fused-ring (bicyclic) bond motifs is 1. The Morgan fingerprint density at radius 2 is 1.93 bits per heavy atom. The summed E-state index contributed by atoms with van der Waals surface area (Å²) in [6.07, 6.45) is 6.13. The Morgan fingerprint density at radius 3 is 2.56 bits per heavy atom. The fourth-order valence-electron chi connectivity index (χ4n) is 3.73. The highest BCUT2D eigenvalue weighted by Gasteiger charge is 2.42. The fraction of sp³-hybridized carbons (Fsp3) is 0.611. The van der Waals surface area contributed by atoms with Gasteiger partial charge < -0.3 is 10.1 Å². The van der Waals surface area contributed by atoms with Gasteiger partial charge in [-0.05, 0) is 32.9 Å². The van der Waals surface area contributed by atoms with E-state index in [1.807, 2.05) is 20.1 Å². The van der Waals surface area contributed by atoms with Crippen LogP contribution in [0.4, 0.5) is 0 Å². The topological polar surface area (TPSA) is 98.5 Å². The molecule has 2 aromatic rings. The molecule has 0 spiro atoms. The minimum absolute atomic E-state index is 0.133. The molecule has 0 radical (unpaired) electrons. The average molecular weight is 391 g/mol. The molecule has 0 atom stereocenters. The highest BCUT2D eigenvalue weighted by molar-refractivity contribution is 7.98. The van der Waals surface area contributed by atoms with Crippen LogP contribution in [0.2, 0.25) is 0 Å². The first kappa shape index (κ1) is 19.6. The molecule has 1 saturated carbocycles. The van der Waals surface area contributed by atoms with E-state index in [1.54, 1.807) is 4.52 Å². The van der Waals surface area contributed by atoms with Gasteiger partial charge in [-0.15, -0.1) is 5.10 Å². The zero-order valence-corrected chi connectivity index (χ0v) is 17.0. The monoisotopic (exact) mass is 391 g/mol. The van der Waals surface area contributed by atoms with Crippen molar-refractivity contribution in [2.75, 3.05) is 13.4 Å². The number of esters is 1. The molecular formula is C18H25N5O3S. The van der Waals surface area contributed by atoms with Gasteiger partial charge >= 0.3 is 5.97 Å². The molecule has 0 saturated heterocycles. The van der Waals surface area contributed by atoms with Gasteiger partial charge in [-0.2, -0.15) is 4.98 Å². The third kappa shape index (κ3) is 3.78. The van der Waals surface area contributed by atoms with Crippen molar-refractivity contribution >= 4 is 29.4 Å². The number of amides is 1. The van der Waals surface area contributed by atoms with Crippen LogP contribution in [0.5, 0.6) is 0 Å². The highest BCUT2D eigenvalue weighted by Crippen LogP contribution is 2.29. The van der Waals surface area contributed by atoms with Gasteiger partial charge in [-0.25, -0.2) is 14.3 Å². The molecule has 1 aliphatic rings. The van der Waals surface area contributed by atoms with Crippen LogP contribution in [0.25, 0.3) is 5.78 Å². The summed E-state index contributed by atoms with van der Waals surface area (Å²) < 4.78 is 6.64. The second kappa shape index (κ2) is 7.84. The van der Waals surface area contributed by atoms with Crippen LogP contribution in [0.3, 0.4) is 0 Å². The van der Waals surface area contributed by atoms with Crippen molar-refractivity contribution in [3.8, 4) is 0 Å². The largest absolute Gasteiger partial charge is 0.467 e. The number of rotatable bonds is 5. The highest BCUT2D eigenvalue weighted by atomic mass is 32.2. The molecule has 0 aliphatic heterocycles. The summed E-state index contributed by atoms with van der Waals surface area (Å²) in [6, 6.07) is 0. The van der Waals surface area contributed by atoms with Gasteiger partial charge in [0, 0.05) is 17.0 Å². The van der Waals surface area contributed by atoms with Gasteiger partial charge in [0.1, 0.15) is 5.54 Å². The summed E-state index contributed by atoms with van der Waals surface area (Å²) in [5, 5.41) is 8.01. The van der Waals surface area contributed by atoms with Gasteiger partial charge in [0.05, 0.1) is 13.5 Å². The van der Waals surface area contributed by atoms with Gasteiger partial charge in [0.2, 0.25) is 11.1 Å². The van der Waals surface area contributed by atoms with Crippen LogP contribution in [0.1, 0.15) is 49.1 Å². The van der Waals surface area contributed by atoms with Gasteiger partial charge in [-0.3, -0.25) is 4.79 Å². The summed E-state index contributed by atoms with van der Waals surface area (Å²) in [7, 11) is 1.37. The number of ether oxygens (including phenoxy) is 1. The Bertz CT molecular complexity index is 873. The minimum atomic E-state index is -0.914. The zero-order valence-electron chi connectivity index (χ0n) is 16.2. The average Bonchev–Trinajstić information content (AvgIpc) is 3.08. The molecule has 1 fully saturated rings. The molecule has 0 aromatic carbocycles. The van der Waals surface area contributed by atoms with E-state index >= 15 is 0 Å². The zero-order chi connectivity index (χ0) is 19.6. The van der Waals surface area contributed by atoms with Crippen LogP contribution >= 0.6 is 11.8 Å². The second-order valence-electron chi connectivity index (χ2n) is 6.93. The minimum Gasteiger partial charge on any atom is -0.467 e. The first-order valence-electron chi connectivity index (χ1n) is 9.06. The predicted octanol–water partition coefficient (Wildman–Crippen LogP) is 2.00. The standard InChI is InChI=1S/C18H25N5O3S/c1-11-13(12(2)23-16(19-11)20-17(22-23)27-4)10-14(24)21-18(15(25)26-3)8-6-5-7-9-18/h5-10H2,1-4H3,(H,21,24). The summed E-state index contributed by atoms with van der Waals surface area (Å²) >= 11 is 1.44. The normalized spacial score (nSPS) is 16.3. The van der Waals surface area contributed by atoms with Crippen LogP contribution in [-0.4, -0.2) is 50.4 Å². The van der Waals surface area contributed by atoms with E-state index in [9.17, 15) is 9.59 Å². The lowest BCUT2D eigenvalue weighted by Crippen LogP contribution is -2.56. The summed E-state index contributed by atoms with van der Waals surface area (Å²) in [4.78, 5) is 34.0. The molecular weight excluding hydrogens is 366 g/mol. The van der Waals surface area contributed by atoms with Crippen LogP contribution in [0, 0.1) is 13.8 Å². The SMILES string of the molecule is COC(=O)C1(NC(=O)Cc2c(C)nc3nc(SC)nn3c2C)CCCCC1. The number of aryl methyl sites for hydroxylation is 2. The fourth-order valence-corrected chi connectivity index (χ4v) is 4.07. The third-order valence-electron chi connectivity index (χ3n) is 5.21. The van der Waals surface area contributed by atoms with Gasteiger partial charge in [0.15, 0.2) is 0 Å². The smallest absolute Gasteiger partial charge is 0.331 e. The Labute approximate surface area is 162 Å². The van der Waals surface area contributed by atoms with E-state index in [0.29, 0.717) is 23.8 Å². The Morgan fingerprint density at radius 1 is 1.22 bits per heavy atom. The van der Waals surface area contributed by atoms with Crippen molar-refractivity contribution in [1.29, 1.82) is 0 Å². The quantitative estimate of drug-likeness (QED) is 0.615. The van der Waals surface area contributed by atoms with Crippen LogP contribution in [-0.2, 0) is 20.7 Å². The van der Waals surface area contributed by atoms with Crippen molar-refractivity contribution in [3.05, 3.63) is 17.0 Å². The lowest BCUT2D eigenvalue weighted by atomic mass is 9.81. The van der Waals surface area contributed by atoms with Gasteiger partial charge in [0.25, 0.3) is 5.78 Å². The number of thioether (sulfide) groups is 1. The molecule has 1 aliphatic carbocycles. The first-order chi connectivity index (χ1) is 12.9. The predicted molar refractivity (Wildman–Crippen MR) is 102 cm³/mol. The van der Waals surface area contributed by atoms with E-state index in [1.165, 1.54) is 18.9 Å². The molecule has 9 heteroatoms. The number of hydrogen-bond acceptors (Lipinski definition) is 7. The van der Waals surface area contributed by atoms with Crippen molar-refractivity contribution in [2.45, 2.75) is 63.1 Å². The van der Waals surface area contributed by atoms with Crippen molar-refractivity contribution in [3.63, 3.8) is 0 Å². The molecule has 8 nitrogen and oxygen atoms in total. The van der Waals surface area contributed by atoms with Gasteiger partial charge in [-0.1, -0.05) is 31.0 Å². The summed E-state index contributed by atoms with van der Waals surface area (Å²) in [6.45, 7) is 3.76. The number of carbonyl (C=O) groups excluding carboxylic acids is 2.